The molecule has 1 aromatic carbocycles. The van der Waals surface area contributed by atoms with Crippen LogP contribution in [0.1, 0.15) is 10.5 Å². The molecule has 27 heavy (non-hydrogen) atoms. The first-order valence-corrected chi connectivity index (χ1v) is 9.55. The molecule has 0 aliphatic carbocycles. The SMILES string of the molecule is O=C(c1ccc(N2CCOCC2)nn1)N1CCN(c2cccc(Cl)c2)CC1. The summed E-state index contributed by atoms with van der Waals surface area (Å²) in [5.74, 6) is 0.724. The first-order valence-electron chi connectivity index (χ1n) is 9.17. The Bertz CT molecular complexity index is 787. The van der Waals surface area contributed by atoms with Crippen molar-refractivity contribution in [1.82, 2.24) is 15.1 Å². The van der Waals surface area contributed by atoms with Crippen molar-refractivity contribution in [3.63, 3.8) is 0 Å². The van der Waals surface area contributed by atoms with E-state index in [1.165, 1.54) is 0 Å². The van der Waals surface area contributed by atoms with Gasteiger partial charge in [0.1, 0.15) is 0 Å². The van der Waals surface area contributed by atoms with Crippen LogP contribution in [0.4, 0.5) is 11.5 Å². The van der Waals surface area contributed by atoms with Gasteiger partial charge in [0.15, 0.2) is 11.5 Å². The first-order chi connectivity index (χ1) is 13.2. The highest BCUT2D eigenvalue weighted by molar-refractivity contribution is 6.30. The molecule has 2 aromatic rings. The molecule has 142 valence electrons. The molecule has 1 aromatic heterocycles. The van der Waals surface area contributed by atoms with Crippen molar-refractivity contribution in [2.45, 2.75) is 0 Å². The standard InChI is InChI=1S/C19H22ClN5O2/c20-15-2-1-3-16(14-15)23-6-8-25(9-7-23)19(26)17-4-5-18(22-21-17)24-10-12-27-13-11-24/h1-5,14H,6-13H2. The molecule has 0 unspecified atom stereocenters. The second kappa shape index (κ2) is 8.10. The van der Waals surface area contributed by atoms with Crippen molar-refractivity contribution in [2.24, 2.45) is 0 Å². The van der Waals surface area contributed by atoms with E-state index in [-0.39, 0.29) is 5.91 Å². The predicted molar refractivity (Wildman–Crippen MR) is 105 cm³/mol. The van der Waals surface area contributed by atoms with Crippen molar-refractivity contribution in [3.8, 4) is 0 Å². The van der Waals surface area contributed by atoms with E-state index >= 15 is 0 Å². The molecule has 1 amide bonds. The number of hydrogen-bond donors (Lipinski definition) is 0. The number of morpholine rings is 1. The molecule has 4 rings (SSSR count). The van der Waals surface area contributed by atoms with Gasteiger partial charge in [-0.3, -0.25) is 4.79 Å². The Labute approximate surface area is 163 Å². The van der Waals surface area contributed by atoms with Crippen LogP contribution in [0.25, 0.3) is 0 Å². The monoisotopic (exact) mass is 387 g/mol. The summed E-state index contributed by atoms with van der Waals surface area (Å²) >= 11 is 6.08. The highest BCUT2D eigenvalue weighted by Crippen LogP contribution is 2.21. The lowest BCUT2D eigenvalue weighted by molar-refractivity contribution is 0.0739. The van der Waals surface area contributed by atoms with Crippen LogP contribution in [0.2, 0.25) is 5.02 Å². The quantitative estimate of drug-likeness (QED) is 0.802. The summed E-state index contributed by atoms with van der Waals surface area (Å²) in [5.41, 5.74) is 1.48. The number of hydrogen-bond acceptors (Lipinski definition) is 6. The summed E-state index contributed by atoms with van der Waals surface area (Å²) in [7, 11) is 0. The van der Waals surface area contributed by atoms with Gasteiger partial charge in [-0.25, -0.2) is 0 Å². The van der Waals surface area contributed by atoms with Crippen molar-refractivity contribution in [3.05, 3.63) is 47.1 Å². The van der Waals surface area contributed by atoms with Crippen LogP contribution in [0.5, 0.6) is 0 Å². The van der Waals surface area contributed by atoms with E-state index in [9.17, 15) is 4.79 Å². The molecule has 0 bridgehead atoms. The highest BCUT2D eigenvalue weighted by Gasteiger charge is 2.24. The molecule has 0 radical (unpaired) electrons. The maximum atomic E-state index is 12.7. The minimum absolute atomic E-state index is 0.0678. The molecule has 2 aliphatic rings. The number of nitrogens with zero attached hydrogens (tertiary/aromatic N) is 5. The van der Waals surface area contributed by atoms with E-state index in [0.717, 1.165) is 42.7 Å². The third-order valence-corrected chi connectivity index (χ3v) is 5.18. The summed E-state index contributed by atoms with van der Waals surface area (Å²) in [5, 5.41) is 9.13. The van der Waals surface area contributed by atoms with E-state index in [4.69, 9.17) is 16.3 Å². The lowest BCUT2D eigenvalue weighted by Crippen LogP contribution is -2.49. The molecule has 0 atom stereocenters. The van der Waals surface area contributed by atoms with Crippen molar-refractivity contribution in [2.75, 3.05) is 62.3 Å². The van der Waals surface area contributed by atoms with Gasteiger partial charge in [-0.15, -0.1) is 10.2 Å². The fraction of sp³-hybridized carbons (Fsp3) is 0.421. The Morgan fingerprint density at radius 3 is 2.37 bits per heavy atom. The number of rotatable bonds is 3. The summed E-state index contributed by atoms with van der Waals surface area (Å²) in [6.07, 6.45) is 0. The van der Waals surface area contributed by atoms with Gasteiger partial charge in [-0.1, -0.05) is 17.7 Å². The molecule has 2 saturated heterocycles. The Morgan fingerprint density at radius 1 is 0.926 bits per heavy atom. The zero-order valence-corrected chi connectivity index (χ0v) is 15.8. The van der Waals surface area contributed by atoms with Crippen molar-refractivity contribution < 1.29 is 9.53 Å². The molecule has 0 saturated carbocycles. The number of piperazine rings is 1. The minimum atomic E-state index is -0.0678. The predicted octanol–water partition coefficient (Wildman–Crippen LogP) is 1.93. The maximum absolute atomic E-state index is 12.7. The van der Waals surface area contributed by atoms with Crippen molar-refractivity contribution in [1.29, 1.82) is 0 Å². The zero-order valence-electron chi connectivity index (χ0n) is 15.1. The fourth-order valence-corrected chi connectivity index (χ4v) is 3.59. The van der Waals surface area contributed by atoms with Gasteiger partial charge in [0.2, 0.25) is 0 Å². The zero-order chi connectivity index (χ0) is 18.6. The Hall–Kier alpha value is -2.38. The third-order valence-electron chi connectivity index (χ3n) is 4.94. The van der Waals surface area contributed by atoms with Gasteiger partial charge in [-0.2, -0.15) is 0 Å². The molecule has 0 N–H and O–H groups in total. The van der Waals surface area contributed by atoms with Crippen LogP contribution in [0, 0.1) is 0 Å². The molecule has 8 heteroatoms. The van der Waals surface area contributed by atoms with Crippen LogP contribution in [0.3, 0.4) is 0 Å². The highest BCUT2D eigenvalue weighted by atomic mass is 35.5. The summed E-state index contributed by atoms with van der Waals surface area (Å²) < 4.78 is 5.35. The van der Waals surface area contributed by atoms with Gasteiger partial charge < -0.3 is 19.4 Å². The van der Waals surface area contributed by atoms with E-state index in [1.807, 2.05) is 35.2 Å². The lowest BCUT2D eigenvalue weighted by Gasteiger charge is -2.36. The Balaban J connectivity index is 1.36. The van der Waals surface area contributed by atoms with E-state index in [2.05, 4.69) is 20.0 Å². The largest absolute Gasteiger partial charge is 0.378 e. The molecule has 7 nitrogen and oxygen atoms in total. The molecule has 2 fully saturated rings. The average Bonchev–Trinajstić information content (AvgIpc) is 2.74. The number of ether oxygens (including phenoxy) is 1. The van der Waals surface area contributed by atoms with Gasteiger partial charge in [0, 0.05) is 50.0 Å². The number of aromatic nitrogens is 2. The molecular weight excluding hydrogens is 366 g/mol. The summed E-state index contributed by atoms with van der Waals surface area (Å²) in [6, 6.07) is 11.4. The summed E-state index contributed by atoms with van der Waals surface area (Å²) in [4.78, 5) is 18.9. The van der Waals surface area contributed by atoms with Gasteiger partial charge in [0.25, 0.3) is 5.91 Å². The minimum Gasteiger partial charge on any atom is -0.378 e. The second-order valence-corrected chi connectivity index (χ2v) is 7.07. The van der Waals surface area contributed by atoms with Crippen LogP contribution < -0.4 is 9.80 Å². The lowest BCUT2D eigenvalue weighted by atomic mass is 10.2. The van der Waals surface area contributed by atoms with E-state index in [1.54, 1.807) is 6.07 Å². The Kier molecular flexibility index (Phi) is 5.40. The molecule has 0 spiro atoms. The molecule has 3 heterocycles. The van der Waals surface area contributed by atoms with E-state index < -0.39 is 0 Å². The smallest absolute Gasteiger partial charge is 0.274 e. The van der Waals surface area contributed by atoms with Gasteiger partial charge in [-0.05, 0) is 30.3 Å². The molecule has 2 aliphatic heterocycles. The van der Waals surface area contributed by atoms with Crippen LogP contribution >= 0.6 is 11.6 Å². The summed E-state index contributed by atoms with van der Waals surface area (Å²) in [6.45, 7) is 5.83. The van der Waals surface area contributed by atoms with Crippen LogP contribution in [0.15, 0.2) is 36.4 Å². The third kappa shape index (κ3) is 4.14. The van der Waals surface area contributed by atoms with Crippen LogP contribution in [-0.4, -0.2) is 73.5 Å². The number of amides is 1. The number of anilines is 2. The normalized spacial score (nSPS) is 17.9. The maximum Gasteiger partial charge on any atom is 0.274 e. The van der Waals surface area contributed by atoms with Gasteiger partial charge in [0.05, 0.1) is 13.2 Å². The Morgan fingerprint density at radius 2 is 1.70 bits per heavy atom. The molecular formula is C19H22ClN5O2. The average molecular weight is 388 g/mol. The van der Waals surface area contributed by atoms with Crippen molar-refractivity contribution >= 4 is 29.0 Å². The van der Waals surface area contributed by atoms with E-state index in [0.29, 0.717) is 32.0 Å². The number of carbonyl (C=O) groups excluding carboxylic acids is 1. The van der Waals surface area contributed by atoms with Crippen LogP contribution in [-0.2, 0) is 4.74 Å². The topological polar surface area (TPSA) is 61.8 Å². The van der Waals surface area contributed by atoms with Gasteiger partial charge >= 0.3 is 0 Å². The fourth-order valence-electron chi connectivity index (χ4n) is 3.40. The number of benzene rings is 1. The first kappa shape index (κ1) is 18.0. The number of carbonyl (C=O) groups is 1. The second-order valence-electron chi connectivity index (χ2n) is 6.64. The number of halogens is 1.